The quantitative estimate of drug-likeness (QED) is 0.0264. The highest BCUT2D eigenvalue weighted by molar-refractivity contribution is 5.76. The third-order valence-corrected chi connectivity index (χ3v) is 11.7. The summed E-state index contributed by atoms with van der Waals surface area (Å²) in [5.74, 6) is 0.594. The molecule has 7 atom stereocenters. The molecule has 0 saturated carbocycles. The first kappa shape index (κ1) is 54.7. The van der Waals surface area contributed by atoms with Gasteiger partial charge in [0, 0.05) is 6.42 Å². The van der Waals surface area contributed by atoms with Crippen molar-refractivity contribution in [2.45, 2.75) is 263 Å². The molecular formula is C49H93NO8. The van der Waals surface area contributed by atoms with Gasteiger partial charge in [-0.05, 0) is 44.4 Å². The van der Waals surface area contributed by atoms with E-state index in [4.69, 9.17) is 9.47 Å². The second kappa shape index (κ2) is 38.6. The highest BCUT2D eigenvalue weighted by Gasteiger charge is 2.44. The van der Waals surface area contributed by atoms with Gasteiger partial charge in [-0.25, -0.2) is 0 Å². The number of carbonyl (C=O) groups is 1. The van der Waals surface area contributed by atoms with Crippen molar-refractivity contribution in [1.82, 2.24) is 5.32 Å². The topological polar surface area (TPSA) is 149 Å². The largest absolute Gasteiger partial charge is 0.394 e. The molecule has 1 saturated heterocycles. The molecule has 0 bridgehead atoms. The van der Waals surface area contributed by atoms with Gasteiger partial charge in [-0.1, -0.05) is 199 Å². The molecule has 1 rings (SSSR count). The molecule has 342 valence electrons. The Bertz CT molecular complexity index is 974. The lowest BCUT2D eigenvalue weighted by Crippen LogP contribution is -2.60. The maximum atomic E-state index is 13.0. The van der Waals surface area contributed by atoms with E-state index in [0.29, 0.717) is 12.8 Å². The number of amides is 1. The first-order chi connectivity index (χ1) is 28.2. The number of aliphatic hydroxyl groups excluding tert-OH is 5. The fraction of sp³-hybridized carbons (Fsp3) is 0.898. The molecule has 1 heterocycles. The number of ether oxygens (including phenoxy) is 2. The number of nitrogens with one attached hydrogen (secondary N) is 1. The first-order valence-corrected chi connectivity index (χ1v) is 24.4. The van der Waals surface area contributed by atoms with Gasteiger partial charge in [-0.2, -0.15) is 0 Å². The predicted octanol–water partition coefficient (Wildman–Crippen LogP) is 10.5. The van der Waals surface area contributed by atoms with Crippen molar-refractivity contribution in [2.24, 2.45) is 5.92 Å². The lowest BCUT2D eigenvalue weighted by molar-refractivity contribution is -0.302. The first-order valence-electron chi connectivity index (χ1n) is 24.4. The van der Waals surface area contributed by atoms with Crippen LogP contribution in [0.3, 0.4) is 0 Å². The molecule has 0 unspecified atom stereocenters. The summed E-state index contributed by atoms with van der Waals surface area (Å²) in [4.78, 5) is 13.0. The maximum absolute atomic E-state index is 13.0. The molecule has 0 aliphatic carbocycles. The van der Waals surface area contributed by atoms with Gasteiger partial charge in [0.15, 0.2) is 6.29 Å². The van der Waals surface area contributed by atoms with Crippen LogP contribution in [0.2, 0.25) is 0 Å². The zero-order valence-electron chi connectivity index (χ0n) is 37.7. The number of aliphatic hydroxyl groups is 5. The third kappa shape index (κ3) is 29.8. The Morgan fingerprint density at radius 3 is 1.55 bits per heavy atom. The Morgan fingerprint density at radius 1 is 0.621 bits per heavy atom. The second-order valence-electron chi connectivity index (χ2n) is 17.7. The van der Waals surface area contributed by atoms with Crippen LogP contribution in [0.1, 0.15) is 220 Å². The zero-order valence-corrected chi connectivity index (χ0v) is 37.7. The molecule has 1 aliphatic rings. The highest BCUT2D eigenvalue weighted by Crippen LogP contribution is 2.23. The number of allylic oxidation sites excluding steroid dienone is 3. The van der Waals surface area contributed by atoms with Crippen LogP contribution in [-0.2, 0) is 14.3 Å². The zero-order chi connectivity index (χ0) is 42.5. The Morgan fingerprint density at radius 2 is 1.07 bits per heavy atom. The summed E-state index contributed by atoms with van der Waals surface area (Å²) in [5, 5.41) is 54.2. The average molecular weight is 824 g/mol. The number of unbranched alkanes of at least 4 members (excludes halogenated alkanes) is 26. The minimum atomic E-state index is -1.57. The van der Waals surface area contributed by atoms with E-state index in [1.807, 2.05) is 6.08 Å². The Balaban J connectivity index is 2.32. The number of rotatable bonds is 40. The van der Waals surface area contributed by atoms with Gasteiger partial charge in [0.2, 0.25) is 5.91 Å². The van der Waals surface area contributed by atoms with E-state index in [0.717, 1.165) is 38.0 Å². The molecule has 1 aliphatic heterocycles. The summed E-state index contributed by atoms with van der Waals surface area (Å²) in [6, 6.07) is -0.817. The Labute approximate surface area is 356 Å². The fourth-order valence-corrected chi connectivity index (χ4v) is 7.76. The summed E-state index contributed by atoms with van der Waals surface area (Å²) in [5.41, 5.74) is 0. The smallest absolute Gasteiger partial charge is 0.220 e. The molecule has 58 heavy (non-hydrogen) atoms. The van der Waals surface area contributed by atoms with Crippen LogP contribution >= 0.6 is 0 Å². The summed E-state index contributed by atoms with van der Waals surface area (Å²) in [6.07, 6.45) is 38.1. The van der Waals surface area contributed by atoms with Crippen LogP contribution in [0, 0.1) is 5.92 Å². The van der Waals surface area contributed by atoms with Gasteiger partial charge in [-0.3, -0.25) is 4.79 Å². The standard InChI is InChI=1S/C49H93NO8/c1-4-5-6-7-8-9-10-11-12-13-14-15-16-17-18-19-23-26-29-32-35-38-45(53)50-42(40-57-49-48(56)47(55)46(54)44(39-51)58-49)43(52)37-34-31-28-25-22-20-21-24-27-30-33-36-41(2)3/h26,29,34,37,41-44,46-49,51-52,54-56H,4-25,27-28,30-33,35-36,38-40H2,1-3H3,(H,50,53)/b29-26?,37-34+/t42-,43+,44+,46+,47-,48+,49+/m0/s1. The molecule has 0 aromatic carbocycles. The molecule has 1 fully saturated rings. The predicted molar refractivity (Wildman–Crippen MR) is 240 cm³/mol. The van der Waals surface area contributed by atoms with Gasteiger partial charge in [-0.15, -0.1) is 0 Å². The van der Waals surface area contributed by atoms with E-state index in [2.05, 4.69) is 38.2 Å². The normalized spacial score (nSPS) is 21.1. The Kier molecular flexibility index (Phi) is 36.4. The van der Waals surface area contributed by atoms with Crippen LogP contribution < -0.4 is 5.32 Å². The SMILES string of the molecule is CCCCCCCCCCCCCCCCCCC=CCCCC(=O)N[C@@H](CO[C@@H]1O[C@H](CO)[C@@H](O)[C@H](O)[C@H]1O)[C@H](O)/C=C/CCCCCCCCCCCC(C)C. The maximum Gasteiger partial charge on any atom is 0.220 e. The van der Waals surface area contributed by atoms with E-state index in [-0.39, 0.29) is 12.5 Å². The second-order valence-corrected chi connectivity index (χ2v) is 17.7. The Hall–Kier alpha value is -1.33. The van der Waals surface area contributed by atoms with Crippen molar-refractivity contribution in [3.63, 3.8) is 0 Å². The van der Waals surface area contributed by atoms with Crippen molar-refractivity contribution < 1.29 is 39.8 Å². The van der Waals surface area contributed by atoms with Crippen molar-refractivity contribution in [2.75, 3.05) is 13.2 Å². The average Bonchev–Trinajstić information content (AvgIpc) is 3.21. The van der Waals surface area contributed by atoms with Gasteiger partial charge < -0.3 is 40.3 Å². The van der Waals surface area contributed by atoms with Gasteiger partial charge in [0.25, 0.3) is 0 Å². The van der Waals surface area contributed by atoms with E-state index >= 15 is 0 Å². The molecule has 9 heteroatoms. The number of hydrogen-bond donors (Lipinski definition) is 6. The molecular weight excluding hydrogens is 731 g/mol. The molecule has 0 aromatic heterocycles. The van der Waals surface area contributed by atoms with E-state index < -0.39 is 49.5 Å². The van der Waals surface area contributed by atoms with Gasteiger partial charge >= 0.3 is 0 Å². The summed E-state index contributed by atoms with van der Waals surface area (Å²) < 4.78 is 11.2. The highest BCUT2D eigenvalue weighted by atomic mass is 16.7. The molecule has 0 aromatic rings. The van der Waals surface area contributed by atoms with Crippen LogP contribution in [0.25, 0.3) is 0 Å². The molecule has 9 nitrogen and oxygen atoms in total. The minimum Gasteiger partial charge on any atom is -0.394 e. The molecule has 6 N–H and O–H groups in total. The van der Waals surface area contributed by atoms with Crippen LogP contribution in [0.4, 0.5) is 0 Å². The van der Waals surface area contributed by atoms with Crippen LogP contribution in [-0.4, -0.2) is 87.5 Å². The summed E-state index contributed by atoms with van der Waals surface area (Å²) in [7, 11) is 0. The lowest BCUT2D eigenvalue weighted by Gasteiger charge is -2.40. The third-order valence-electron chi connectivity index (χ3n) is 11.7. The van der Waals surface area contributed by atoms with E-state index in [1.54, 1.807) is 6.08 Å². The fourth-order valence-electron chi connectivity index (χ4n) is 7.76. The van der Waals surface area contributed by atoms with Crippen molar-refractivity contribution in [3.8, 4) is 0 Å². The number of carbonyl (C=O) groups excluding carboxylic acids is 1. The summed E-state index contributed by atoms with van der Waals surface area (Å²) >= 11 is 0. The lowest BCUT2D eigenvalue weighted by atomic mass is 9.99. The number of hydrogen-bond acceptors (Lipinski definition) is 8. The van der Waals surface area contributed by atoms with E-state index in [9.17, 15) is 30.3 Å². The monoisotopic (exact) mass is 824 g/mol. The van der Waals surface area contributed by atoms with Crippen molar-refractivity contribution in [1.29, 1.82) is 0 Å². The summed E-state index contributed by atoms with van der Waals surface area (Å²) in [6.45, 7) is 6.09. The van der Waals surface area contributed by atoms with Gasteiger partial charge in [0.1, 0.15) is 24.4 Å². The van der Waals surface area contributed by atoms with Crippen molar-refractivity contribution >= 4 is 5.91 Å². The van der Waals surface area contributed by atoms with Crippen LogP contribution in [0.5, 0.6) is 0 Å². The molecule has 1 amide bonds. The van der Waals surface area contributed by atoms with Crippen molar-refractivity contribution in [3.05, 3.63) is 24.3 Å². The molecule has 0 radical (unpaired) electrons. The minimum absolute atomic E-state index is 0.198. The molecule has 0 spiro atoms. The van der Waals surface area contributed by atoms with E-state index in [1.165, 1.54) is 154 Å². The van der Waals surface area contributed by atoms with Gasteiger partial charge in [0.05, 0.1) is 25.4 Å². The van der Waals surface area contributed by atoms with Crippen LogP contribution in [0.15, 0.2) is 24.3 Å².